The predicted molar refractivity (Wildman–Crippen MR) is 126 cm³/mol. The van der Waals surface area contributed by atoms with E-state index in [0.29, 0.717) is 46.6 Å². The number of likely N-dealkylation sites (tertiary alicyclic amines) is 1. The van der Waals surface area contributed by atoms with Crippen LogP contribution in [0.3, 0.4) is 0 Å². The van der Waals surface area contributed by atoms with Gasteiger partial charge in [-0.15, -0.1) is 11.3 Å². The Morgan fingerprint density at radius 3 is 2.52 bits per heavy atom. The van der Waals surface area contributed by atoms with E-state index in [2.05, 4.69) is 10.3 Å². The SMILES string of the molecule is COC(=O)c1cccc(-c2ncc(C(=O)NCC3CCN(C(=O)c4ccccc4)CC3)s2)c1. The van der Waals surface area contributed by atoms with Gasteiger partial charge in [-0.25, -0.2) is 9.78 Å². The molecule has 1 aliphatic heterocycles. The van der Waals surface area contributed by atoms with Crippen LogP contribution in [0.5, 0.6) is 0 Å². The average Bonchev–Trinajstić information content (AvgIpc) is 3.38. The molecule has 2 heterocycles. The molecule has 0 spiro atoms. The number of hydrogen-bond donors (Lipinski definition) is 1. The molecule has 1 aliphatic rings. The zero-order valence-corrected chi connectivity index (χ0v) is 19.1. The number of carbonyl (C=O) groups excluding carboxylic acids is 3. The van der Waals surface area contributed by atoms with Crippen molar-refractivity contribution in [2.45, 2.75) is 12.8 Å². The van der Waals surface area contributed by atoms with Crippen LogP contribution in [0.2, 0.25) is 0 Å². The second-order valence-electron chi connectivity index (χ2n) is 7.91. The second-order valence-corrected chi connectivity index (χ2v) is 8.94. The normalized spacial score (nSPS) is 14.0. The number of nitrogens with zero attached hydrogens (tertiary/aromatic N) is 2. The molecule has 1 N–H and O–H groups in total. The third-order valence-corrected chi connectivity index (χ3v) is 6.78. The van der Waals surface area contributed by atoms with Crippen LogP contribution in [0.4, 0.5) is 0 Å². The van der Waals surface area contributed by atoms with Crippen LogP contribution in [-0.4, -0.2) is 54.4 Å². The van der Waals surface area contributed by atoms with Crippen molar-refractivity contribution < 1.29 is 19.1 Å². The topological polar surface area (TPSA) is 88.6 Å². The summed E-state index contributed by atoms with van der Waals surface area (Å²) in [7, 11) is 1.34. The highest BCUT2D eigenvalue weighted by Crippen LogP contribution is 2.26. The van der Waals surface area contributed by atoms with Crippen molar-refractivity contribution in [1.29, 1.82) is 0 Å². The van der Waals surface area contributed by atoms with Crippen molar-refractivity contribution in [3.8, 4) is 10.6 Å². The highest BCUT2D eigenvalue weighted by atomic mass is 32.1. The standard InChI is InChI=1S/C25H25N3O4S/c1-32-25(31)20-9-5-8-19(14-20)23-27-16-21(33-23)22(29)26-15-17-10-12-28(13-11-17)24(30)18-6-3-2-4-7-18/h2-9,14,16-17H,10-13,15H2,1H3,(H,26,29). The molecule has 170 valence electrons. The molecule has 0 unspecified atom stereocenters. The Bertz CT molecular complexity index is 1140. The van der Waals surface area contributed by atoms with E-state index >= 15 is 0 Å². The van der Waals surface area contributed by atoms with Gasteiger partial charge in [0.15, 0.2) is 0 Å². The van der Waals surface area contributed by atoms with Gasteiger partial charge in [-0.2, -0.15) is 0 Å². The van der Waals surface area contributed by atoms with Crippen molar-refractivity contribution >= 4 is 29.1 Å². The highest BCUT2D eigenvalue weighted by Gasteiger charge is 2.24. The van der Waals surface area contributed by atoms with Gasteiger partial charge in [-0.05, 0) is 43.0 Å². The number of benzene rings is 2. The van der Waals surface area contributed by atoms with E-state index in [-0.39, 0.29) is 11.8 Å². The monoisotopic (exact) mass is 463 g/mol. The first-order valence-electron chi connectivity index (χ1n) is 10.8. The van der Waals surface area contributed by atoms with Gasteiger partial charge >= 0.3 is 5.97 Å². The van der Waals surface area contributed by atoms with Gasteiger partial charge in [0.05, 0.1) is 18.9 Å². The van der Waals surface area contributed by atoms with Crippen molar-refractivity contribution in [2.24, 2.45) is 5.92 Å². The molecule has 7 nitrogen and oxygen atoms in total. The summed E-state index contributed by atoms with van der Waals surface area (Å²) in [5, 5.41) is 3.67. The third-order valence-electron chi connectivity index (χ3n) is 5.73. The fourth-order valence-electron chi connectivity index (χ4n) is 3.84. The lowest BCUT2D eigenvalue weighted by Gasteiger charge is -2.32. The molecule has 0 aliphatic carbocycles. The fraction of sp³-hybridized carbons (Fsp3) is 0.280. The maximum Gasteiger partial charge on any atom is 0.337 e. The highest BCUT2D eigenvalue weighted by molar-refractivity contribution is 7.16. The number of thiazole rings is 1. The smallest absolute Gasteiger partial charge is 0.337 e. The van der Waals surface area contributed by atoms with Gasteiger partial charge in [-0.3, -0.25) is 9.59 Å². The number of carbonyl (C=O) groups is 3. The van der Waals surface area contributed by atoms with Gasteiger partial charge in [0.25, 0.3) is 11.8 Å². The lowest BCUT2D eigenvalue weighted by atomic mass is 9.96. The van der Waals surface area contributed by atoms with E-state index in [4.69, 9.17) is 4.74 Å². The lowest BCUT2D eigenvalue weighted by Crippen LogP contribution is -2.41. The van der Waals surface area contributed by atoms with E-state index in [1.807, 2.05) is 41.3 Å². The van der Waals surface area contributed by atoms with E-state index in [0.717, 1.165) is 18.4 Å². The molecule has 0 atom stereocenters. The molecular weight excluding hydrogens is 438 g/mol. The molecule has 4 rings (SSSR count). The van der Waals surface area contributed by atoms with Crippen LogP contribution < -0.4 is 5.32 Å². The third kappa shape index (κ3) is 5.46. The number of nitrogens with one attached hydrogen (secondary N) is 1. The summed E-state index contributed by atoms with van der Waals surface area (Å²) >= 11 is 1.28. The van der Waals surface area contributed by atoms with Crippen LogP contribution in [-0.2, 0) is 4.74 Å². The minimum Gasteiger partial charge on any atom is -0.465 e. The van der Waals surface area contributed by atoms with Crippen molar-refractivity contribution in [1.82, 2.24) is 15.2 Å². The minimum absolute atomic E-state index is 0.0616. The molecule has 1 fully saturated rings. The molecule has 1 saturated heterocycles. The van der Waals surface area contributed by atoms with E-state index in [1.165, 1.54) is 18.4 Å². The van der Waals surface area contributed by atoms with Crippen LogP contribution in [0.15, 0.2) is 60.8 Å². The molecule has 2 amide bonds. The van der Waals surface area contributed by atoms with E-state index in [9.17, 15) is 14.4 Å². The number of methoxy groups -OCH3 is 1. The second kappa shape index (κ2) is 10.4. The van der Waals surface area contributed by atoms with Crippen LogP contribution in [0.1, 0.15) is 43.2 Å². The molecule has 3 aromatic rings. The summed E-state index contributed by atoms with van der Waals surface area (Å²) < 4.78 is 4.76. The molecule has 0 saturated carbocycles. The molecule has 2 aromatic carbocycles. The van der Waals surface area contributed by atoms with Crippen molar-refractivity contribution in [3.63, 3.8) is 0 Å². The Kier molecular flexibility index (Phi) is 7.14. The first-order chi connectivity index (χ1) is 16.0. The summed E-state index contributed by atoms with van der Waals surface area (Å²) in [5.41, 5.74) is 1.91. The summed E-state index contributed by atoms with van der Waals surface area (Å²) in [6.07, 6.45) is 3.27. The fourth-order valence-corrected chi connectivity index (χ4v) is 4.67. The Morgan fingerprint density at radius 1 is 1.06 bits per heavy atom. The quantitative estimate of drug-likeness (QED) is 0.561. The first kappa shape index (κ1) is 22.7. The minimum atomic E-state index is -0.414. The Balaban J connectivity index is 1.29. The van der Waals surface area contributed by atoms with Crippen molar-refractivity contribution in [3.05, 3.63) is 76.8 Å². The summed E-state index contributed by atoms with van der Waals surface area (Å²) in [6.45, 7) is 1.95. The number of aromatic nitrogens is 1. The Labute approximate surface area is 196 Å². The lowest BCUT2D eigenvalue weighted by molar-refractivity contribution is 0.0600. The Morgan fingerprint density at radius 2 is 1.79 bits per heavy atom. The zero-order chi connectivity index (χ0) is 23.2. The molecule has 33 heavy (non-hydrogen) atoms. The maximum atomic E-state index is 12.6. The summed E-state index contributed by atoms with van der Waals surface area (Å²) in [4.78, 5) is 43.7. The van der Waals surface area contributed by atoms with Crippen LogP contribution in [0, 0.1) is 5.92 Å². The van der Waals surface area contributed by atoms with Gasteiger partial charge in [0.1, 0.15) is 9.88 Å². The molecule has 0 bridgehead atoms. The van der Waals surface area contributed by atoms with Gasteiger partial charge < -0.3 is 15.0 Å². The van der Waals surface area contributed by atoms with Gasteiger partial charge in [-0.1, -0.05) is 30.3 Å². The van der Waals surface area contributed by atoms with Gasteiger partial charge in [0, 0.05) is 30.8 Å². The zero-order valence-electron chi connectivity index (χ0n) is 18.3. The Hall–Kier alpha value is -3.52. The summed E-state index contributed by atoms with van der Waals surface area (Å²) in [5.74, 6) is -0.182. The largest absolute Gasteiger partial charge is 0.465 e. The van der Waals surface area contributed by atoms with Crippen LogP contribution in [0.25, 0.3) is 10.6 Å². The molecule has 0 radical (unpaired) electrons. The summed E-state index contributed by atoms with van der Waals surface area (Å²) in [6, 6.07) is 16.3. The number of hydrogen-bond acceptors (Lipinski definition) is 6. The number of rotatable bonds is 6. The van der Waals surface area contributed by atoms with Gasteiger partial charge in [0.2, 0.25) is 0 Å². The van der Waals surface area contributed by atoms with Crippen LogP contribution >= 0.6 is 11.3 Å². The van der Waals surface area contributed by atoms with E-state index < -0.39 is 5.97 Å². The molecular formula is C25H25N3O4S. The molecule has 1 aromatic heterocycles. The average molecular weight is 464 g/mol. The number of esters is 1. The van der Waals surface area contributed by atoms with Crippen molar-refractivity contribution in [2.75, 3.05) is 26.7 Å². The first-order valence-corrected chi connectivity index (χ1v) is 11.6. The molecule has 8 heteroatoms. The number of amides is 2. The van der Waals surface area contributed by atoms with E-state index in [1.54, 1.807) is 24.4 Å². The maximum absolute atomic E-state index is 12.6. The number of piperidine rings is 1. The number of ether oxygens (including phenoxy) is 1. The predicted octanol–water partition coefficient (Wildman–Crippen LogP) is 3.88.